The molecule has 10 heteroatoms. The summed E-state index contributed by atoms with van der Waals surface area (Å²) >= 11 is 0. The maximum Gasteiger partial charge on any atom is 0.269 e. The number of nitro groups is 1. The molecule has 0 spiro atoms. The molecule has 0 aliphatic heterocycles. The number of carbonyl (C=O) groups is 1. The number of nitro benzene ring substituents is 1. The van der Waals surface area contributed by atoms with Gasteiger partial charge in [0.25, 0.3) is 11.6 Å². The number of hydrogen-bond acceptors (Lipinski definition) is 6. The number of anilines is 1. The minimum Gasteiger partial charge on any atom is -0.271 e. The fraction of sp³-hybridized carbons (Fsp3) is 0.263. The normalized spacial score (nSPS) is 11.8. The van der Waals surface area contributed by atoms with E-state index in [0.717, 1.165) is 21.7 Å². The summed E-state index contributed by atoms with van der Waals surface area (Å²) in [4.78, 5) is 22.5. The van der Waals surface area contributed by atoms with Crippen LogP contribution in [0.2, 0.25) is 0 Å². The van der Waals surface area contributed by atoms with Gasteiger partial charge in [0.2, 0.25) is 10.0 Å². The zero-order valence-electron chi connectivity index (χ0n) is 16.5. The highest BCUT2D eigenvalue weighted by Gasteiger charge is 2.22. The Balaban J connectivity index is 2.15. The lowest BCUT2D eigenvalue weighted by Crippen LogP contribution is -2.39. The van der Waals surface area contributed by atoms with Crippen LogP contribution in [0.3, 0.4) is 0 Å². The summed E-state index contributed by atoms with van der Waals surface area (Å²) in [5.74, 6) is -0.614. The molecule has 0 aromatic heterocycles. The van der Waals surface area contributed by atoms with E-state index in [4.69, 9.17) is 0 Å². The van der Waals surface area contributed by atoms with Crippen molar-refractivity contribution in [3.8, 4) is 0 Å². The topological polar surface area (TPSA) is 122 Å². The van der Waals surface area contributed by atoms with E-state index in [-0.39, 0.29) is 5.69 Å². The molecule has 2 aromatic carbocycles. The number of nitrogens with one attached hydrogen (secondary N) is 1. The van der Waals surface area contributed by atoms with Gasteiger partial charge in [-0.3, -0.25) is 19.2 Å². The van der Waals surface area contributed by atoms with Gasteiger partial charge in [0.1, 0.15) is 6.54 Å². The fourth-order valence-corrected chi connectivity index (χ4v) is 3.58. The molecule has 0 heterocycles. The Morgan fingerprint density at radius 2 is 1.79 bits per heavy atom. The van der Waals surface area contributed by atoms with E-state index in [1.807, 2.05) is 13.0 Å². The van der Waals surface area contributed by atoms with Crippen LogP contribution in [0.1, 0.15) is 23.6 Å². The number of non-ortho nitro benzene ring substituents is 1. The maximum absolute atomic E-state index is 12.3. The molecule has 9 nitrogen and oxygen atoms in total. The Hall–Kier alpha value is -3.27. The molecule has 154 valence electrons. The Labute approximate surface area is 169 Å². The number of amides is 1. The standard InChI is InChI=1S/C19H22N4O5S/c1-13-5-10-18(14(2)11-13)22(29(4,27)28)12-19(24)21-20-15(3)16-6-8-17(9-7-16)23(25)26/h5-11H,12H2,1-4H3,(H,21,24)/b20-15-. The molecule has 2 aromatic rings. The van der Waals surface area contributed by atoms with E-state index in [9.17, 15) is 23.3 Å². The van der Waals surface area contributed by atoms with Gasteiger partial charge in [-0.05, 0) is 50.1 Å². The van der Waals surface area contributed by atoms with Gasteiger partial charge in [0.15, 0.2) is 0 Å². The predicted octanol–water partition coefficient (Wildman–Crippen LogP) is 2.52. The molecule has 0 saturated carbocycles. The molecule has 0 saturated heterocycles. The second-order valence-electron chi connectivity index (χ2n) is 6.60. The SMILES string of the molecule is C/C(=N/NC(=O)CN(c1ccc(C)cc1C)S(C)(=O)=O)c1ccc([N+](=O)[O-])cc1. The van der Waals surface area contributed by atoms with Gasteiger partial charge in [0.05, 0.1) is 22.6 Å². The average molecular weight is 418 g/mol. The Bertz CT molecular complexity index is 1060. The zero-order chi connectivity index (χ0) is 21.8. The van der Waals surface area contributed by atoms with Crippen molar-refractivity contribution in [2.45, 2.75) is 20.8 Å². The third-order valence-electron chi connectivity index (χ3n) is 4.15. The molecule has 0 unspecified atom stereocenters. The van der Waals surface area contributed by atoms with Gasteiger partial charge < -0.3 is 0 Å². The number of carbonyl (C=O) groups excluding carboxylic acids is 1. The van der Waals surface area contributed by atoms with Gasteiger partial charge in [0, 0.05) is 12.1 Å². The Morgan fingerprint density at radius 3 is 2.31 bits per heavy atom. The summed E-state index contributed by atoms with van der Waals surface area (Å²) in [6.45, 7) is 4.86. The molecular formula is C19H22N4O5S. The Kier molecular flexibility index (Phi) is 6.70. The van der Waals surface area contributed by atoms with Gasteiger partial charge in [-0.2, -0.15) is 5.10 Å². The van der Waals surface area contributed by atoms with Crippen molar-refractivity contribution in [2.24, 2.45) is 5.10 Å². The largest absolute Gasteiger partial charge is 0.271 e. The predicted molar refractivity (Wildman–Crippen MR) is 112 cm³/mol. The molecule has 29 heavy (non-hydrogen) atoms. The first-order valence-electron chi connectivity index (χ1n) is 8.62. The monoisotopic (exact) mass is 418 g/mol. The van der Waals surface area contributed by atoms with Gasteiger partial charge >= 0.3 is 0 Å². The number of aryl methyl sites for hydroxylation is 2. The van der Waals surface area contributed by atoms with Crippen LogP contribution in [0.15, 0.2) is 47.6 Å². The molecule has 0 aliphatic carbocycles. The fourth-order valence-electron chi connectivity index (χ4n) is 2.67. The minimum atomic E-state index is -3.69. The van der Waals surface area contributed by atoms with E-state index in [1.165, 1.54) is 24.3 Å². The summed E-state index contributed by atoms with van der Waals surface area (Å²) in [7, 11) is -3.69. The lowest BCUT2D eigenvalue weighted by Gasteiger charge is -2.23. The van der Waals surface area contributed by atoms with Crippen LogP contribution < -0.4 is 9.73 Å². The van der Waals surface area contributed by atoms with Crippen molar-refractivity contribution in [2.75, 3.05) is 17.1 Å². The van der Waals surface area contributed by atoms with Gasteiger partial charge in [-0.1, -0.05) is 17.7 Å². The van der Waals surface area contributed by atoms with E-state index < -0.39 is 27.4 Å². The van der Waals surface area contributed by atoms with Crippen molar-refractivity contribution in [1.29, 1.82) is 0 Å². The molecule has 1 N–H and O–H groups in total. The molecule has 2 rings (SSSR count). The van der Waals surface area contributed by atoms with E-state index in [2.05, 4.69) is 10.5 Å². The molecular weight excluding hydrogens is 396 g/mol. The number of sulfonamides is 1. The lowest BCUT2D eigenvalue weighted by atomic mass is 10.1. The van der Waals surface area contributed by atoms with Crippen molar-refractivity contribution < 1.29 is 18.1 Å². The van der Waals surface area contributed by atoms with E-state index in [0.29, 0.717) is 17.0 Å². The van der Waals surface area contributed by atoms with Crippen molar-refractivity contribution in [3.63, 3.8) is 0 Å². The van der Waals surface area contributed by atoms with Gasteiger partial charge in [-0.15, -0.1) is 0 Å². The van der Waals surface area contributed by atoms with Crippen LogP contribution in [0.5, 0.6) is 0 Å². The highest BCUT2D eigenvalue weighted by atomic mass is 32.2. The first-order valence-corrected chi connectivity index (χ1v) is 10.5. The minimum absolute atomic E-state index is 0.0529. The number of rotatable bonds is 7. The van der Waals surface area contributed by atoms with Crippen molar-refractivity contribution >= 4 is 33.0 Å². The molecule has 0 atom stereocenters. The smallest absolute Gasteiger partial charge is 0.269 e. The Morgan fingerprint density at radius 1 is 1.17 bits per heavy atom. The molecule has 0 aliphatic rings. The number of hydrogen-bond donors (Lipinski definition) is 1. The first-order chi connectivity index (χ1) is 13.5. The van der Waals surface area contributed by atoms with Crippen LogP contribution in [-0.2, 0) is 14.8 Å². The van der Waals surface area contributed by atoms with Crippen molar-refractivity contribution in [1.82, 2.24) is 5.43 Å². The summed E-state index contributed by atoms with van der Waals surface area (Å²) < 4.78 is 25.4. The molecule has 0 fully saturated rings. The van der Waals surface area contributed by atoms with Crippen LogP contribution >= 0.6 is 0 Å². The highest BCUT2D eigenvalue weighted by molar-refractivity contribution is 7.92. The highest BCUT2D eigenvalue weighted by Crippen LogP contribution is 2.23. The summed E-state index contributed by atoms with van der Waals surface area (Å²) in [6.07, 6.45) is 1.03. The molecule has 0 bridgehead atoms. The number of hydrazone groups is 1. The second kappa shape index (κ2) is 8.82. The third-order valence-corrected chi connectivity index (χ3v) is 5.28. The first kappa shape index (κ1) is 22.0. The average Bonchev–Trinajstić information content (AvgIpc) is 2.64. The molecule has 1 amide bonds. The van der Waals surface area contributed by atoms with Crippen LogP contribution in [-0.4, -0.2) is 37.8 Å². The zero-order valence-corrected chi connectivity index (χ0v) is 17.4. The molecule has 0 radical (unpaired) electrons. The lowest BCUT2D eigenvalue weighted by molar-refractivity contribution is -0.384. The summed E-state index contributed by atoms with van der Waals surface area (Å²) in [5.41, 5.74) is 5.42. The second-order valence-corrected chi connectivity index (χ2v) is 8.50. The van der Waals surface area contributed by atoms with E-state index >= 15 is 0 Å². The van der Waals surface area contributed by atoms with E-state index in [1.54, 1.807) is 26.0 Å². The van der Waals surface area contributed by atoms with Crippen LogP contribution in [0.4, 0.5) is 11.4 Å². The number of benzene rings is 2. The maximum atomic E-state index is 12.3. The third kappa shape index (κ3) is 5.85. The van der Waals surface area contributed by atoms with Crippen LogP contribution in [0, 0.1) is 24.0 Å². The van der Waals surface area contributed by atoms with Crippen molar-refractivity contribution in [3.05, 3.63) is 69.3 Å². The summed E-state index contributed by atoms with van der Waals surface area (Å²) in [5, 5.41) is 14.7. The van der Waals surface area contributed by atoms with Gasteiger partial charge in [-0.25, -0.2) is 13.8 Å². The van der Waals surface area contributed by atoms with Crippen LogP contribution in [0.25, 0.3) is 0 Å². The quantitative estimate of drug-likeness (QED) is 0.421. The summed E-state index contributed by atoms with van der Waals surface area (Å²) in [6, 6.07) is 11.0. The number of nitrogens with zero attached hydrogens (tertiary/aromatic N) is 3.